The van der Waals surface area contributed by atoms with Gasteiger partial charge < -0.3 is 10.1 Å². The molecule has 0 bridgehead atoms. The third kappa shape index (κ3) is 6.24. The SMILES string of the molecule is CCOC(=O)c1cc([N+](=O)[O-])sc1NC(=O)CCCS(=O)(=O)c1ccc(Cl)cc1. The number of hydrogen-bond acceptors (Lipinski definition) is 8. The van der Waals surface area contributed by atoms with Crippen molar-refractivity contribution in [1.82, 2.24) is 0 Å². The Hall–Kier alpha value is -2.50. The van der Waals surface area contributed by atoms with Crippen LogP contribution in [-0.2, 0) is 19.4 Å². The molecule has 1 aromatic heterocycles. The van der Waals surface area contributed by atoms with Crippen molar-refractivity contribution < 1.29 is 27.7 Å². The van der Waals surface area contributed by atoms with Crippen LogP contribution in [-0.4, -0.2) is 37.6 Å². The third-order valence-corrected chi connectivity index (χ3v) is 6.71. The van der Waals surface area contributed by atoms with Crippen LogP contribution in [0.15, 0.2) is 35.2 Å². The molecule has 9 nitrogen and oxygen atoms in total. The average molecular weight is 461 g/mol. The van der Waals surface area contributed by atoms with Gasteiger partial charge in [-0.25, -0.2) is 13.2 Å². The van der Waals surface area contributed by atoms with Crippen LogP contribution in [0.5, 0.6) is 0 Å². The number of hydrogen-bond donors (Lipinski definition) is 1. The second kappa shape index (κ2) is 9.81. The zero-order valence-corrected chi connectivity index (χ0v) is 17.6. The van der Waals surface area contributed by atoms with E-state index in [1.165, 1.54) is 24.3 Å². The van der Waals surface area contributed by atoms with Crippen molar-refractivity contribution in [1.29, 1.82) is 0 Å². The van der Waals surface area contributed by atoms with Crippen molar-refractivity contribution in [3.8, 4) is 0 Å². The molecule has 156 valence electrons. The van der Waals surface area contributed by atoms with E-state index in [9.17, 15) is 28.1 Å². The molecule has 0 fully saturated rings. The van der Waals surface area contributed by atoms with E-state index in [1.807, 2.05) is 0 Å². The lowest BCUT2D eigenvalue weighted by atomic mass is 10.3. The van der Waals surface area contributed by atoms with E-state index in [0.717, 1.165) is 6.07 Å². The predicted octanol–water partition coefficient (Wildman–Crippen LogP) is 3.68. The number of nitrogens with one attached hydrogen (secondary N) is 1. The fourth-order valence-corrected chi connectivity index (χ4v) is 4.61. The van der Waals surface area contributed by atoms with Gasteiger partial charge in [0.05, 0.1) is 22.2 Å². The average Bonchev–Trinajstić information content (AvgIpc) is 3.06. The second-order valence-corrected chi connectivity index (χ2v) is 9.31. The molecular weight excluding hydrogens is 444 g/mol. The number of ether oxygens (including phenoxy) is 1. The van der Waals surface area contributed by atoms with Gasteiger partial charge in [0.2, 0.25) is 5.91 Å². The summed E-state index contributed by atoms with van der Waals surface area (Å²) in [6, 6.07) is 6.72. The summed E-state index contributed by atoms with van der Waals surface area (Å²) >= 11 is 6.36. The molecule has 1 aromatic carbocycles. The van der Waals surface area contributed by atoms with Gasteiger partial charge in [-0.3, -0.25) is 14.9 Å². The van der Waals surface area contributed by atoms with Gasteiger partial charge in [-0.05, 0) is 48.9 Å². The van der Waals surface area contributed by atoms with Crippen LogP contribution in [0.2, 0.25) is 5.02 Å². The number of amides is 1. The number of carbonyl (C=O) groups is 2. The van der Waals surface area contributed by atoms with Gasteiger partial charge in [0.15, 0.2) is 9.84 Å². The van der Waals surface area contributed by atoms with Gasteiger partial charge >= 0.3 is 11.0 Å². The summed E-state index contributed by atoms with van der Waals surface area (Å²) in [6.45, 7) is 1.65. The minimum Gasteiger partial charge on any atom is -0.462 e. The maximum atomic E-state index is 12.3. The molecule has 1 heterocycles. The van der Waals surface area contributed by atoms with Crippen LogP contribution in [0.4, 0.5) is 10.0 Å². The molecule has 1 amide bonds. The smallest absolute Gasteiger partial charge is 0.341 e. The highest BCUT2D eigenvalue weighted by molar-refractivity contribution is 7.91. The van der Waals surface area contributed by atoms with Gasteiger partial charge in [-0.15, -0.1) is 0 Å². The van der Waals surface area contributed by atoms with E-state index in [1.54, 1.807) is 6.92 Å². The van der Waals surface area contributed by atoms with Crippen LogP contribution in [0, 0.1) is 10.1 Å². The number of carbonyl (C=O) groups excluding carboxylic acids is 2. The lowest BCUT2D eigenvalue weighted by Crippen LogP contribution is -2.15. The first-order chi connectivity index (χ1) is 13.6. The van der Waals surface area contributed by atoms with Crippen LogP contribution in [0.25, 0.3) is 0 Å². The first kappa shape index (κ1) is 22.8. The Kier molecular flexibility index (Phi) is 7.71. The number of halogens is 1. The highest BCUT2D eigenvalue weighted by Gasteiger charge is 2.24. The fraction of sp³-hybridized carbons (Fsp3) is 0.294. The molecule has 0 aliphatic carbocycles. The van der Waals surface area contributed by atoms with Gasteiger partial charge in [-0.2, -0.15) is 0 Å². The molecule has 0 saturated heterocycles. The number of benzene rings is 1. The largest absolute Gasteiger partial charge is 0.462 e. The Labute approximate surface area is 175 Å². The first-order valence-corrected chi connectivity index (χ1v) is 11.2. The Morgan fingerprint density at radius 2 is 1.93 bits per heavy atom. The monoisotopic (exact) mass is 460 g/mol. The summed E-state index contributed by atoms with van der Waals surface area (Å²) in [5.74, 6) is -1.63. The molecular formula is C17H17ClN2O7S2. The molecule has 2 rings (SSSR count). The number of esters is 1. The normalized spacial score (nSPS) is 11.1. The number of rotatable bonds is 9. The number of nitro groups is 1. The molecule has 29 heavy (non-hydrogen) atoms. The van der Waals surface area contributed by atoms with Crippen molar-refractivity contribution in [3.05, 3.63) is 51.0 Å². The summed E-state index contributed by atoms with van der Waals surface area (Å²) < 4.78 is 29.4. The van der Waals surface area contributed by atoms with E-state index in [4.69, 9.17) is 16.3 Å². The number of thiophene rings is 1. The van der Waals surface area contributed by atoms with Gasteiger partial charge in [0.25, 0.3) is 0 Å². The number of nitrogens with zero attached hydrogens (tertiary/aromatic N) is 1. The zero-order chi connectivity index (χ0) is 21.6. The maximum absolute atomic E-state index is 12.3. The van der Waals surface area contributed by atoms with E-state index in [0.29, 0.717) is 16.4 Å². The van der Waals surface area contributed by atoms with E-state index >= 15 is 0 Å². The molecule has 0 spiro atoms. The molecule has 1 N–H and O–H groups in total. The van der Waals surface area contributed by atoms with E-state index in [2.05, 4.69) is 5.32 Å². The van der Waals surface area contributed by atoms with Crippen LogP contribution >= 0.6 is 22.9 Å². The molecule has 12 heteroatoms. The Balaban J connectivity index is 2.01. The van der Waals surface area contributed by atoms with E-state index < -0.39 is 26.6 Å². The van der Waals surface area contributed by atoms with Crippen molar-refractivity contribution >= 4 is 54.7 Å². The topological polar surface area (TPSA) is 133 Å². The number of anilines is 1. The molecule has 0 saturated carbocycles. The van der Waals surface area contributed by atoms with Crippen LogP contribution in [0.1, 0.15) is 30.1 Å². The Morgan fingerprint density at radius 3 is 2.52 bits per heavy atom. The quantitative estimate of drug-likeness (QED) is 0.342. The number of sulfone groups is 1. The van der Waals surface area contributed by atoms with Crippen molar-refractivity contribution in [3.63, 3.8) is 0 Å². The fourth-order valence-electron chi connectivity index (χ4n) is 2.29. The first-order valence-electron chi connectivity index (χ1n) is 8.37. The lowest BCUT2D eigenvalue weighted by Gasteiger charge is -2.07. The summed E-state index contributed by atoms with van der Waals surface area (Å²) in [7, 11) is -3.58. The highest BCUT2D eigenvalue weighted by Crippen LogP contribution is 2.34. The van der Waals surface area contributed by atoms with Crippen LogP contribution in [0.3, 0.4) is 0 Å². The standard InChI is InChI=1S/C17H17ClN2O7S2/c1-2-27-17(22)13-10-15(20(23)24)28-16(13)19-14(21)4-3-9-29(25,26)12-7-5-11(18)6-8-12/h5-8,10H,2-4,9H2,1H3,(H,19,21). The Morgan fingerprint density at radius 1 is 1.28 bits per heavy atom. The van der Waals surface area contributed by atoms with Crippen molar-refractivity contribution in [2.75, 3.05) is 17.7 Å². The summed E-state index contributed by atoms with van der Waals surface area (Å²) in [6.07, 6.45) is -0.125. The predicted molar refractivity (Wildman–Crippen MR) is 108 cm³/mol. The van der Waals surface area contributed by atoms with Gasteiger partial charge in [0.1, 0.15) is 10.6 Å². The van der Waals surface area contributed by atoms with Gasteiger partial charge in [0, 0.05) is 17.5 Å². The van der Waals surface area contributed by atoms with E-state index in [-0.39, 0.29) is 45.7 Å². The maximum Gasteiger partial charge on any atom is 0.341 e. The highest BCUT2D eigenvalue weighted by atomic mass is 35.5. The third-order valence-electron chi connectivity index (χ3n) is 3.64. The lowest BCUT2D eigenvalue weighted by molar-refractivity contribution is -0.380. The summed E-state index contributed by atoms with van der Waals surface area (Å²) in [5.41, 5.74) is -0.120. The molecule has 0 radical (unpaired) electrons. The minimum atomic E-state index is -3.58. The second-order valence-electron chi connectivity index (χ2n) is 5.73. The summed E-state index contributed by atoms with van der Waals surface area (Å²) in [4.78, 5) is 34.4. The summed E-state index contributed by atoms with van der Waals surface area (Å²) in [5, 5.41) is 13.4. The minimum absolute atomic E-state index is 0.0132. The molecule has 0 atom stereocenters. The van der Waals surface area contributed by atoms with Crippen LogP contribution < -0.4 is 5.32 Å². The molecule has 2 aromatic rings. The molecule has 0 unspecified atom stereocenters. The molecule has 0 aliphatic rings. The Bertz CT molecular complexity index is 1020. The van der Waals surface area contributed by atoms with Crippen molar-refractivity contribution in [2.45, 2.75) is 24.7 Å². The van der Waals surface area contributed by atoms with Gasteiger partial charge in [-0.1, -0.05) is 11.6 Å². The molecule has 0 aliphatic heterocycles. The zero-order valence-electron chi connectivity index (χ0n) is 15.2. The van der Waals surface area contributed by atoms with Crippen molar-refractivity contribution in [2.24, 2.45) is 0 Å².